The van der Waals surface area contributed by atoms with Crippen molar-refractivity contribution in [1.29, 1.82) is 0 Å². The van der Waals surface area contributed by atoms with Crippen LogP contribution in [0, 0.1) is 11.6 Å². The average Bonchev–Trinajstić information content (AvgIpc) is 3.27. The van der Waals surface area contributed by atoms with Crippen LogP contribution in [0.3, 0.4) is 0 Å². The van der Waals surface area contributed by atoms with Gasteiger partial charge in [0.25, 0.3) is 5.91 Å². The van der Waals surface area contributed by atoms with E-state index in [2.05, 4.69) is 0 Å². The van der Waals surface area contributed by atoms with Crippen LogP contribution in [-0.4, -0.2) is 44.7 Å². The molecule has 2 atom stereocenters. The zero-order valence-electron chi connectivity index (χ0n) is 21.5. The molecule has 198 valence electrons. The monoisotopic (exact) mass is 523 g/mol. The number of rotatable bonds is 7. The third-order valence-corrected chi connectivity index (χ3v) is 7.36. The highest BCUT2D eigenvalue weighted by Gasteiger charge is 2.62. The Kier molecular flexibility index (Phi) is 6.46. The third kappa shape index (κ3) is 3.60. The molecule has 1 aliphatic carbocycles. The maximum absolute atomic E-state index is 14.7. The van der Waals surface area contributed by atoms with Gasteiger partial charge in [0.05, 0.1) is 34.0 Å². The summed E-state index contributed by atoms with van der Waals surface area (Å²) in [7, 11) is 4.40. The van der Waals surface area contributed by atoms with Gasteiger partial charge in [-0.3, -0.25) is 9.59 Å². The normalized spacial score (nSPS) is 19.4. The number of amides is 1. The van der Waals surface area contributed by atoms with Crippen molar-refractivity contribution in [3.05, 3.63) is 88.0 Å². The van der Waals surface area contributed by atoms with Crippen molar-refractivity contribution in [2.45, 2.75) is 31.3 Å². The fraction of sp³-hybridized carbons (Fsp3) is 0.310. The first-order valence-corrected chi connectivity index (χ1v) is 12.2. The minimum absolute atomic E-state index is 0.00596. The second-order valence-electron chi connectivity index (χ2n) is 9.21. The van der Waals surface area contributed by atoms with E-state index < -0.39 is 35.0 Å². The number of carbonyl (C=O) groups is 2. The van der Waals surface area contributed by atoms with Crippen molar-refractivity contribution in [1.82, 2.24) is 4.90 Å². The number of hydrogen-bond donors (Lipinski definition) is 0. The number of ether oxygens (including phenoxy) is 4. The smallest absolute Gasteiger partial charge is 0.319 e. The number of methoxy groups -OCH3 is 3. The minimum atomic E-state index is -1.57. The molecule has 3 aromatic carbocycles. The maximum Gasteiger partial charge on any atom is 0.319 e. The Bertz CT molecular complexity index is 1430. The van der Waals surface area contributed by atoms with Crippen LogP contribution in [0.1, 0.15) is 45.6 Å². The fourth-order valence-corrected chi connectivity index (χ4v) is 5.84. The second-order valence-corrected chi connectivity index (χ2v) is 9.21. The van der Waals surface area contributed by atoms with Gasteiger partial charge in [-0.1, -0.05) is 30.3 Å². The van der Waals surface area contributed by atoms with Crippen LogP contribution in [0.5, 0.6) is 17.2 Å². The lowest BCUT2D eigenvalue weighted by molar-refractivity contribution is -0.153. The molecule has 0 saturated heterocycles. The second kappa shape index (κ2) is 9.63. The Balaban J connectivity index is 1.87. The molecule has 0 radical (unpaired) electrons. The molecule has 1 heterocycles. The molecule has 38 heavy (non-hydrogen) atoms. The zero-order valence-corrected chi connectivity index (χ0v) is 21.5. The van der Waals surface area contributed by atoms with E-state index in [4.69, 9.17) is 18.9 Å². The lowest BCUT2D eigenvalue weighted by Crippen LogP contribution is -2.54. The van der Waals surface area contributed by atoms with E-state index in [1.165, 1.54) is 26.2 Å². The fourth-order valence-electron chi connectivity index (χ4n) is 5.84. The number of esters is 1. The van der Waals surface area contributed by atoms with E-state index in [-0.39, 0.29) is 30.7 Å². The lowest BCUT2D eigenvalue weighted by atomic mass is 9.69. The summed E-state index contributed by atoms with van der Waals surface area (Å²) in [6, 6.07) is 11.8. The summed E-state index contributed by atoms with van der Waals surface area (Å²) >= 11 is 0. The molecular formula is C29H27F2NO6. The zero-order chi connectivity index (χ0) is 27.2. The number of benzene rings is 3. The van der Waals surface area contributed by atoms with Crippen LogP contribution in [0.4, 0.5) is 8.78 Å². The van der Waals surface area contributed by atoms with Gasteiger partial charge in [-0.25, -0.2) is 8.78 Å². The number of hydrogen-bond acceptors (Lipinski definition) is 6. The molecule has 3 aromatic rings. The van der Waals surface area contributed by atoms with Crippen molar-refractivity contribution >= 4 is 11.9 Å². The topological polar surface area (TPSA) is 74.3 Å². The first-order valence-electron chi connectivity index (χ1n) is 12.2. The minimum Gasteiger partial charge on any atom is -0.493 e. The molecule has 2 aliphatic rings. The molecule has 0 fully saturated rings. The number of nitrogens with zero attached hydrogens (tertiary/aromatic N) is 1. The maximum atomic E-state index is 14.7. The SMILES string of the molecule is CCOC(=O)[C@]12Cc3c(cc(OC)c(OC)c3OC)[C@H]1N(Cc1ccccc1)C(=O)c1cc(F)c(F)cc12. The van der Waals surface area contributed by atoms with Crippen LogP contribution < -0.4 is 14.2 Å². The van der Waals surface area contributed by atoms with Gasteiger partial charge >= 0.3 is 5.97 Å². The van der Waals surface area contributed by atoms with Crippen LogP contribution in [0.15, 0.2) is 48.5 Å². The Morgan fingerprint density at radius 1 is 1.00 bits per heavy atom. The molecule has 1 aliphatic heterocycles. The summed E-state index contributed by atoms with van der Waals surface area (Å²) in [5, 5.41) is 0. The Morgan fingerprint density at radius 2 is 1.68 bits per heavy atom. The van der Waals surface area contributed by atoms with Gasteiger partial charge in [0, 0.05) is 17.7 Å². The highest BCUT2D eigenvalue weighted by molar-refractivity contribution is 6.03. The van der Waals surface area contributed by atoms with E-state index in [0.717, 1.165) is 17.7 Å². The Hall–Kier alpha value is -4.14. The van der Waals surface area contributed by atoms with E-state index in [1.807, 2.05) is 30.3 Å². The van der Waals surface area contributed by atoms with Crippen LogP contribution in [0.25, 0.3) is 0 Å². The van der Waals surface area contributed by atoms with Gasteiger partial charge in [-0.05, 0) is 48.2 Å². The molecule has 0 aromatic heterocycles. The van der Waals surface area contributed by atoms with Gasteiger partial charge in [0.2, 0.25) is 5.75 Å². The Morgan fingerprint density at radius 3 is 2.32 bits per heavy atom. The van der Waals surface area contributed by atoms with Crippen molar-refractivity contribution in [3.8, 4) is 17.2 Å². The van der Waals surface area contributed by atoms with Crippen molar-refractivity contribution in [2.75, 3.05) is 27.9 Å². The highest BCUT2D eigenvalue weighted by atomic mass is 19.2. The van der Waals surface area contributed by atoms with Crippen LogP contribution in [-0.2, 0) is 27.9 Å². The van der Waals surface area contributed by atoms with Gasteiger partial charge < -0.3 is 23.8 Å². The summed E-state index contributed by atoms with van der Waals surface area (Å²) in [6.45, 7) is 1.83. The quantitative estimate of drug-likeness (QED) is 0.417. The van der Waals surface area contributed by atoms with E-state index in [0.29, 0.717) is 28.4 Å². The van der Waals surface area contributed by atoms with Gasteiger partial charge in [-0.15, -0.1) is 0 Å². The van der Waals surface area contributed by atoms with E-state index in [9.17, 15) is 18.4 Å². The van der Waals surface area contributed by atoms with Crippen LogP contribution in [0.2, 0.25) is 0 Å². The predicted octanol–water partition coefficient (Wildman–Crippen LogP) is 4.74. The highest BCUT2D eigenvalue weighted by Crippen LogP contribution is 2.60. The van der Waals surface area contributed by atoms with Crippen LogP contribution >= 0.6 is 0 Å². The summed E-state index contributed by atoms with van der Waals surface area (Å²) in [4.78, 5) is 29.5. The molecule has 5 rings (SSSR count). The van der Waals surface area contributed by atoms with Gasteiger partial charge in [-0.2, -0.15) is 0 Å². The third-order valence-electron chi connectivity index (χ3n) is 7.36. The molecule has 1 amide bonds. The molecule has 0 N–H and O–H groups in total. The molecule has 0 unspecified atom stereocenters. The standard InChI is InChI=1S/C29H27F2NO6/c1-5-38-28(34)29-14-19-17(12-23(35-2)25(37-4)24(19)36-3)26(29)32(15-16-9-7-6-8-10-16)27(33)18-11-21(30)22(31)13-20(18)29/h6-13,26H,5,14-15H2,1-4H3/t26-,29+/m1/s1. The number of carbonyl (C=O) groups excluding carboxylic acids is 2. The number of halogens is 2. The van der Waals surface area contributed by atoms with Crippen molar-refractivity contribution in [2.24, 2.45) is 0 Å². The summed E-state index contributed by atoms with van der Waals surface area (Å²) in [6.07, 6.45) is 0.00596. The largest absolute Gasteiger partial charge is 0.493 e. The lowest BCUT2D eigenvalue weighted by Gasteiger charge is -2.45. The average molecular weight is 524 g/mol. The molecular weight excluding hydrogens is 496 g/mol. The predicted molar refractivity (Wildman–Crippen MR) is 134 cm³/mol. The van der Waals surface area contributed by atoms with E-state index >= 15 is 0 Å². The Labute approximate surface area is 218 Å². The van der Waals surface area contributed by atoms with Crippen molar-refractivity contribution < 1.29 is 37.3 Å². The number of fused-ring (bicyclic) bond motifs is 5. The molecule has 7 nitrogen and oxygen atoms in total. The molecule has 9 heteroatoms. The summed E-state index contributed by atoms with van der Waals surface area (Å²) in [5.41, 5.74) is 0.375. The van der Waals surface area contributed by atoms with E-state index in [1.54, 1.807) is 13.0 Å². The molecule has 0 spiro atoms. The summed E-state index contributed by atoms with van der Waals surface area (Å²) in [5.74, 6) is -2.53. The molecule has 0 bridgehead atoms. The molecule has 0 saturated carbocycles. The first kappa shape index (κ1) is 25.5. The van der Waals surface area contributed by atoms with Crippen molar-refractivity contribution in [3.63, 3.8) is 0 Å². The summed E-state index contributed by atoms with van der Waals surface area (Å²) < 4.78 is 51.7. The van der Waals surface area contributed by atoms with Gasteiger partial charge in [0.15, 0.2) is 23.1 Å². The first-order chi connectivity index (χ1) is 18.3. The van der Waals surface area contributed by atoms with Gasteiger partial charge in [0.1, 0.15) is 5.41 Å².